The Bertz CT molecular complexity index is 893. The van der Waals surface area contributed by atoms with E-state index in [4.69, 9.17) is 0 Å². The number of nitrogens with zero attached hydrogens (tertiary/aromatic N) is 1. The molecule has 1 heterocycles. The van der Waals surface area contributed by atoms with Crippen molar-refractivity contribution >= 4 is 11.6 Å². The first-order chi connectivity index (χ1) is 13.3. The van der Waals surface area contributed by atoms with Crippen LogP contribution in [0.15, 0.2) is 84.9 Å². The van der Waals surface area contributed by atoms with Crippen molar-refractivity contribution in [3.05, 3.63) is 102 Å². The molecule has 1 aliphatic heterocycles. The van der Waals surface area contributed by atoms with Gasteiger partial charge in [0.25, 0.3) is 5.91 Å². The SMILES string of the molecule is O=C1NCCCN(c2ccccc2)C(c2ccccc2)Cc2ccccc21. The largest absolute Gasteiger partial charge is 0.364 e. The van der Waals surface area contributed by atoms with Gasteiger partial charge in [-0.25, -0.2) is 0 Å². The molecule has 3 nitrogen and oxygen atoms in total. The Morgan fingerprint density at radius 1 is 0.815 bits per heavy atom. The van der Waals surface area contributed by atoms with Gasteiger partial charge in [-0.1, -0.05) is 66.7 Å². The van der Waals surface area contributed by atoms with Gasteiger partial charge in [0.05, 0.1) is 6.04 Å². The summed E-state index contributed by atoms with van der Waals surface area (Å²) in [6.07, 6.45) is 1.70. The van der Waals surface area contributed by atoms with Gasteiger partial charge < -0.3 is 10.2 Å². The molecule has 1 atom stereocenters. The van der Waals surface area contributed by atoms with E-state index in [0.717, 1.165) is 30.5 Å². The average molecular weight is 356 g/mol. The topological polar surface area (TPSA) is 32.3 Å². The molecule has 3 aromatic carbocycles. The third-order valence-corrected chi connectivity index (χ3v) is 5.19. The molecule has 0 aromatic heterocycles. The van der Waals surface area contributed by atoms with Crippen LogP contribution in [0.1, 0.15) is 33.9 Å². The van der Waals surface area contributed by atoms with Gasteiger partial charge in [0.15, 0.2) is 0 Å². The monoisotopic (exact) mass is 356 g/mol. The lowest BCUT2D eigenvalue weighted by Gasteiger charge is -2.35. The third kappa shape index (κ3) is 3.87. The molecule has 0 fully saturated rings. The zero-order chi connectivity index (χ0) is 18.5. The first kappa shape index (κ1) is 17.3. The van der Waals surface area contributed by atoms with Crippen LogP contribution in [0.5, 0.6) is 0 Å². The van der Waals surface area contributed by atoms with Crippen LogP contribution in [0, 0.1) is 0 Å². The number of anilines is 1. The highest BCUT2D eigenvalue weighted by Gasteiger charge is 2.24. The van der Waals surface area contributed by atoms with Gasteiger partial charge in [0.2, 0.25) is 0 Å². The predicted octanol–water partition coefficient (Wildman–Crippen LogP) is 4.61. The molecule has 136 valence electrons. The number of benzene rings is 3. The van der Waals surface area contributed by atoms with E-state index in [0.29, 0.717) is 6.54 Å². The maximum Gasteiger partial charge on any atom is 0.251 e. The average Bonchev–Trinajstić information content (AvgIpc) is 2.74. The van der Waals surface area contributed by atoms with Crippen molar-refractivity contribution in [2.45, 2.75) is 18.9 Å². The Balaban J connectivity index is 1.81. The van der Waals surface area contributed by atoms with Crippen LogP contribution < -0.4 is 10.2 Å². The lowest BCUT2D eigenvalue weighted by atomic mass is 9.93. The van der Waals surface area contributed by atoms with E-state index in [2.05, 4.69) is 76.9 Å². The van der Waals surface area contributed by atoms with Gasteiger partial charge in [-0.3, -0.25) is 4.79 Å². The Hall–Kier alpha value is -3.07. The van der Waals surface area contributed by atoms with Crippen LogP contribution in [0.2, 0.25) is 0 Å². The minimum atomic E-state index is 0.0329. The summed E-state index contributed by atoms with van der Waals surface area (Å²) in [7, 11) is 0. The van der Waals surface area contributed by atoms with E-state index in [-0.39, 0.29) is 11.9 Å². The summed E-state index contributed by atoms with van der Waals surface area (Å²) in [6, 6.07) is 29.4. The minimum Gasteiger partial charge on any atom is -0.364 e. The van der Waals surface area contributed by atoms with E-state index >= 15 is 0 Å². The number of amides is 1. The highest BCUT2D eigenvalue weighted by Crippen LogP contribution is 2.31. The quantitative estimate of drug-likeness (QED) is 0.727. The molecule has 3 heteroatoms. The fourth-order valence-electron chi connectivity index (χ4n) is 3.84. The zero-order valence-corrected chi connectivity index (χ0v) is 15.3. The number of hydrogen-bond donors (Lipinski definition) is 1. The van der Waals surface area contributed by atoms with E-state index in [1.807, 2.05) is 18.2 Å². The number of carbonyl (C=O) groups excluding carboxylic acids is 1. The molecule has 0 spiro atoms. The summed E-state index contributed by atoms with van der Waals surface area (Å²) in [4.78, 5) is 15.1. The molecular weight excluding hydrogens is 332 g/mol. The molecule has 1 N–H and O–H groups in total. The molecule has 0 saturated carbocycles. The van der Waals surface area contributed by atoms with Crippen LogP contribution in [0.3, 0.4) is 0 Å². The first-order valence-electron chi connectivity index (χ1n) is 9.55. The molecule has 0 radical (unpaired) electrons. The summed E-state index contributed by atoms with van der Waals surface area (Å²) in [6.45, 7) is 1.57. The number of nitrogens with one attached hydrogen (secondary N) is 1. The van der Waals surface area contributed by atoms with Crippen LogP contribution in [-0.4, -0.2) is 19.0 Å². The van der Waals surface area contributed by atoms with E-state index < -0.39 is 0 Å². The van der Waals surface area contributed by atoms with Gasteiger partial charge in [-0.15, -0.1) is 0 Å². The predicted molar refractivity (Wildman–Crippen MR) is 110 cm³/mol. The summed E-state index contributed by atoms with van der Waals surface area (Å²) in [5, 5.41) is 3.07. The van der Waals surface area contributed by atoms with Crippen molar-refractivity contribution in [2.24, 2.45) is 0 Å². The minimum absolute atomic E-state index is 0.0329. The number of hydrogen-bond acceptors (Lipinski definition) is 2. The Kier molecular flexibility index (Phi) is 5.20. The normalized spacial score (nSPS) is 17.7. The molecule has 1 aliphatic rings. The number of rotatable bonds is 2. The van der Waals surface area contributed by atoms with Crippen molar-refractivity contribution in [1.82, 2.24) is 5.32 Å². The van der Waals surface area contributed by atoms with Crippen LogP contribution in [0.4, 0.5) is 5.69 Å². The Morgan fingerprint density at radius 3 is 2.26 bits per heavy atom. The molecule has 1 unspecified atom stereocenters. The van der Waals surface area contributed by atoms with Crippen molar-refractivity contribution in [2.75, 3.05) is 18.0 Å². The highest BCUT2D eigenvalue weighted by atomic mass is 16.1. The van der Waals surface area contributed by atoms with Gasteiger partial charge in [0.1, 0.15) is 0 Å². The van der Waals surface area contributed by atoms with Crippen molar-refractivity contribution in [3.63, 3.8) is 0 Å². The first-order valence-corrected chi connectivity index (χ1v) is 9.55. The molecule has 1 amide bonds. The maximum absolute atomic E-state index is 12.6. The highest BCUT2D eigenvalue weighted by molar-refractivity contribution is 5.95. The second-order valence-corrected chi connectivity index (χ2v) is 6.93. The third-order valence-electron chi connectivity index (χ3n) is 5.19. The molecule has 0 saturated heterocycles. The lowest BCUT2D eigenvalue weighted by Crippen LogP contribution is -2.36. The number of para-hydroxylation sites is 1. The summed E-state index contributed by atoms with van der Waals surface area (Å²) in [5.74, 6) is 0.0329. The summed E-state index contributed by atoms with van der Waals surface area (Å²) >= 11 is 0. The fraction of sp³-hybridized carbons (Fsp3) is 0.208. The maximum atomic E-state index is 12.6. The van der Waals surface area contributed by atoms with E-state index in [9.17, 15) is 4.79 Å². The van der Waals surface area contributed by atoms with E-state index in [1.165, 1.54) is 11.3 Å². The van der Waals surface area contributed by atoms with Crippen LogP contribution in [-0.2, 0) is 6.42 Å². The van der Waals surface area contributed by atoms with Crippen molar-refractivity contribution in [3.8, 4) is 0 Å². The Labute approximate surface area is 160 Å². The molecule has 3 aromatic rings. The summed E-state index contributed by atoms with van der Waals surface area (Å²) in [5.41, 5.74) is 4.37. The molecule has 0 bridgehead atoms. The molecule has 4 rings (SSSR count). The lowest BCUT2D eigenvalue weighted by molar-refractivity contribution is 0.0951. The molecular formula is C24H24N2O. The van der Waals surface area contributed by atoms with Crippen LogP contribution >= 0.6 is 0 Å². The van der Waals surface area contributed by atoms with E-state index in [1.54, 1.807) is 0 Å². The van der Waals surface area contributed by atoms with Gasteiger partial charge >= 0.3 is 0 Å². The number of carbonyl (C=O) groups is 1. The second-order valence-electron chi connectivity index (χ2n) is 6.93. The van der Waals surface area contributed by atoms with Crippen molar-refractivity contribution in [1.29, 1.82) is 0 Å². The van der Waals surface area contributed by atoms with Gasteiger partial charge in [0, 0.05) is 24.3 Å². The van der Waals surface area contributed by atoms with Gasteiger partial charge in [-0.2, -0.15) is 0 Å². The van der Waals surface area contributed by atoms with Crippen LogP contribution in [0.25, 0.3) is 0 Å². The fourth-order valence-corrected chi connectivity index (χ4v) is 3.84. The van der Waals surface area contributed by atoms with Crippen molar-refractivity contribution < 1.29 is 4.79 Å². The second kappa shape index (κ2) is 8.09. The zero-order valence-electron chi connectivity index (χ0n) is 15.3. The van der Waals surface area contributed by atoms with Gasteiger partial charge in [-0.05, 0) is 42.2 Å². The number of fused-ring (bicyclic) bond motifs is 1. The standard InChI is InChI=1S/C24H24N2O/c27-24-22-15-8-7-12-20(22)18-23(19-10-3-1-4-11-19)26(17-9-16-25-24)21-13-5-2-6-14-21/h1-8,10-15,23H,9,16-18H2,(H,25,27). The molecule has 0 aliphatic carbocycles. The molecule has 27 heavy (non-hydrogen) atoms. The Morgan fingerprint density at radius 2 is 1.48 bits per heavy atom. The smallest absolute Gasteiger partial charge is 0.251 e. The summed E-state index contributed by atoms with van der Waals surface area (Å²) < 4.78 is 0.